The number of fused-ring (bicyclic) bond motifs is 1. The lowest BCUT2D eigenvalue weighted by atomic mass is 9.91. The molecule has 0 aromatic rings. The van der Waals surface area contributed by atoms with Crippen molar-refractivity contribution >= 4 is 5.97 Å². The number of hydrogen-bond acceptors (Lipinski definition) is 3. The van der Waals surface area contributed by atoms with Crippen LogP contribution in [-0.2, 0) is 9.53 Å². The van der Waals surface area contributed by atoms with E-state index in [2.05, 4.69) is 5.32 Å². The van der Waals surface area contributed by atoms with Crippen molar-refractivity contribution < 1.29 is 9.53 Å². The summed E-state index contributed by atoms with van der Waals surface area (Å²) in [5.74, 6) is 0.454. The molecule has 0 bridgehead atoms. The van der Waals surface area contributed by atoms with Crippen molar-refractivity contribution in [3.8, 4) is 0 Å². The molecule has 0 aromatic heterocycles. The zero-order valence-electron chi connectivity index (χ0n) is 8.08. The van der Waals surface area contributed by atoms with Crippen LogP contribution in [-0.4, -0.2) is 24.7 Å². The van der Waals surface area contributed by atoms with Crippen LogP contribution in [0.1, 0.15) is 32.6 Å². The third kappa shape index (κ3) is 1.85. The summed E-state index contributed by atoms with van der Waals surface area (Å²) in [6.07, 6.45) is 4.92. The van der Waals surface area contributed by atoms with Gasteiger partial charge in [-0.2, -0.15) is 0 Å². The Bertz CT molecular complexity index is 205. The Morgan fingerprint density at radius 1 is 1.38 bits per heavy atom. The number of nitrogens with one attached hydrogen (secondary N) is 1. The molecule has 1 aliphatic heterocycles. The van der Waals surface area contributed by atoms with Crippen LogP contribution >= 0.6 is 0 Å². The highest BCUT2D eigenvalue weighted by atomic mass is 16.5. The van der Waals surface area contributed by atoms with Crippen molar-refractivity contribution in [3.63, 3.8) is 0 Å². The number of ether oxygens (including phenoxy) is 1. The van der Waals surface area contributed by atoms with Gasteiger partial charge < -0.3 is 10.1 Å². The summed E-state index contributed by atoms with van der Waals surface area (Å²) in [5.41, 5.74) is 0. The zero-order valence-corrected chi connectivity index (χ0v) is 8.08. The van der Waals surface area contributed by atoms with Crippen LogP contribution in [0.2, 0.25) is 0 Å². The summed E-state index contributed by atoms with van der Waals surface area (Å²) >= 11 is 0. The monoisotopic (exact) mass is 183 g/mol. The smallest absolute Gasteiger partial charge is 0.302 e. The minimum absolute atomic E-state index is 0.127. The SMILES string of the molecule is CC(=O)O[C@@H]1CCN[C@H]2CCC[C@@H]21. The first-order valence-electron chi connectivity index (χ1n) is 5.18. The molecule has 0 unspecified atom stereocenters. The molecule has 3 nitrogen and oxygen atoms in total. The molecule has 2 rings (SSSR count). The number of carbonyl (C=O) groups is 1. The van der Waals surface area contributed by atoms with Gasteiger partial charge in [-0.05, 0) is 25.8 Å². The second-order valence-electron chi connectivity index (χ2n) is 4.09. The molecule has 1 N–H and O–H groups in total. The molecule has 0 aromatic carbocycles. The molecular weight excluding hydrogens is 166 g/mol. The van der Waals surface area contributed by atoms with Gasteiger partial charge in [-0.3, -0.25) is 4.79 Å². The van der Waals surface area contributed by atoms with Crippen molar-refractivity contribution in [1.29, 1.82) is 0 Å². The van der Waals surface area contributed by atoms with Gasteiger partial charge in [0.15, 0.2) is 0 Å². The van der Waals surface area contributed by atoms with Gasteiger partial charge in [-0.15, -0.1) is 0 Å². The highest BCUT2D eigenvalue weighted by molar-refractivity contribution is 5.66. The molecule has 1 saturated carbocycles. The van der Waals surface area contributed by atoms with Gasteiger partial charge in [-0.1, -0.05) is 6.42 Å². The molecule has 13 heavy (non-hydrogen) atoms. The topological polar surface area (TPSA) is 38.3 Å². The number of rotatable bonds is 1. The second-order valence-corrected chi connectivity index (χ2v) is 4.09. The third-order valence-corrected chi connectivity index (χ3v) is 3.20. The Balaban J connectivity index is 1.97. The van der Waals surface area contributed by atoms with E-state index in [-0.39, 0.29) is 12.1 Å². The lowest BCUT2D eigenvalue weighted by Gasteiger charge is -2.33. The van der Waals surface area contributed by atoms with E-state index in [4.69, 9.17) is 4.74 Å². The maximum Gasteiger partial charge on any atom is 0.302 e. The fourth-order valence-electron chi connectivity index (χ4n) is 2.67. The van der Waals surface area contributed by atoms with E-state index in [0.717, 1.165) is 13.0 Å². The quantitative estimate of drug-likeness (QED) is 0.618. The molecule has 1 aliphatic carbocycles. The van der Waals surface area contributed by atoms with Crippen LogP contribution in [0.15, 0.2) is 0 Å². The van der Waals surface area contributed by atoms with E-state index in [9.17, 15) is 4.79 Å². The molecule has 1 heterocycles. The molecule has 0 amide bonds. The van der Waals surface area contributed by atoms with E-state index >= 15 is 0 Å². The van der Waals surface area contributed by atoms with Crippen LogP contribution < -0.4 is 5.32 Å². The van der Waals surface area contributed by atoms with Crippen LogP contribution in [0.5, 0.6) is 0 Å². The van der Waals surface area contributed by atoms with Crippen LogP contribution in [0, 0.1) is 5.92 Å². The maximum atomic E-state index is 10.9. The molecule has 0 spiro atoms. The Hall–Kier alpha value is -0.570. The third-order valence-electron chi connectivity index (χ3n) is 3.20. The van der Waals surface area contributed by atoms with E-state index < -0.39 is 0 Å². The van der Waals surface area contributed by atoms with Crippen molar-refractivity contribution in [1.82, 2.24) is 5.32 Å². The fourth-order valence-corrected chi connectivity index (χ4v) is 2.67. The summed E-state index contributed by atoms with van der Waals surface area (Å²) in [6, 6.07) is 0.609. The van der Waals surface area contributed by atoms with Gasteiger partial charge in [0.05, 0.1) is 0 Å². The predicted molar refractivity (Wildman–Crippen MR) is 49.3 cm³/mol. The lowest BCUT2D eigenvalue weighted by Crippen LogP contribution is -2.46. The summed E-state index contributed by atoms with van der Waals surface area (Å²) in [5, 5.41) is 3.49. The second kappa shape index (κ2) is 3.66. The van der Waals surface area contributed by atoms with Gasteiger partial charge >= 0.3 is 5.97 Å². The summed E-state index contributed by atoms with van der Waals surface area (Å²) in [4.78, 5) is 10.9. The van der Waals surface area contributed by atoms with Crippen molar-refractivity contribution in [2.75, 3.05) is 6.54 Å². The molecule has 3 heteroatoms. The van der Waals surface area contributed by atoms with Crippen LogP contribution in [0.25, 0.3) is 0 Å². The first-order chi connectivity index (χ1) is 6.27. The van der Waals surface area contributed by atoms with Gasteiger partial charge in [0, 0.05) is 18.9 Å². The van der Waals surface area contributed by atoms with E-state index in [1.54, 1.807) is 0 Å². The average molecular weight is 183 g/mol. The number of carbonyl (C=O) groups excluding carboxylic acids is 1. The van der Waals surface area contributed by atoms with Crippen LogP contribution in [0.3, 0.4) is 0 Å². The Morgan fingerprint density at radius 2 is 2.23 bits per heavy atom. The molecule has 2 aliphatic rings. The molecular formula is C10H17NO2. The van der Waals surface area contributed by atoms with Crippen molar-refractivity contribution in [2.45, 2.75) is 44.8 Å². The molecule has 74 valence electrons. The molecule has 0 radical (unpaired) electrons. The van der Waals surface area contributed by atoms with Crippen molar-refractivity contribution in [3.05, 3.63) is 0 Å². The molecule has 2 fully saturated rings. The van der Waals surface area contributed by atoms with Crippen molar-refractivity contribution in [2.24, 2.45) is 5.92 Å². The lowest BCUT2D eigenvalue weighted by molar-refractivity contribution is -0.150. The first kappa shape index (κ1) is 9.00. The van der Waals surface area contributed by atoms with E-state index in [1.165, 1.54) is 26.2 Å². The fraction of sp³-hybridized carbons (Fsp3) is 0.900. The molecule has 3 atom stereocenters. The van der Waals surface area contributed by atoms with Gasteiger partial charge in [0.1, 0.15) is 6.10 Å². The standard InChI is InChI=1S/C10H17NO2/c1-7(12)13-10-5-6-11-9-4-2-3-8(9)10/h8-11H,2-6H2,1H3/t8-,9-,10+/m0/s1. The minimum Gasteiger partial charge on any atom is -0.462 e. The van der Waals surface area contributed by atoms with E-state index in [1.807, 2.05) is 0 Å². The van der Waals surface area contributed by atoms with Crippen LogP contribution in [0.4, 0.5) is 0 Å². The average Bonchev–Trinajstić information content (AvgIpc) is 2.51. The predicted octanol–water partition coefficient (Wildman–Crippen LogP) is 1.08. The molecule has 1 saturated heterocycles. The van der Waals surface area contributed by atoms with E-state index in [0.29, 0.717) is 12.0 Å². The Morgan fingerprint density at radius 3 is 3.00 bits per heavy atom. The number of piperidine rings is 1. The van der Waals surface area contributed by atoms with Gasteiger partial charge in [0.2, 0.25) is 0 Å². The Kier molecular flexibility index (Phi) is 2.54. The highest BCUT2D eigenvalue weighted by Crippen LogP contribution is 2.33. The summed E-state index contributed by atoms with van der Waals surface area (Å²) in [7, 11) is 0. The normalized spacial score (nSPS) is 38.4. The summed E-state index contributed by atoms with van der Waals surface area (Å²) < 4.78 is 5.33. The maximum absolute atomic E-state index is 10.9. The minimum atomic E-state index is -0.127. The Labute approximate surface area is 78.8 Å². The number of esters is 1. The first-order valence-corrected chi connectivity index (χ1v) is 5.18. The summed E-state index contributed by atoms with van der Waals surface area (Å²) in [6.45, 7) is 2.51. The zero-order chi connectivity index (χ0) is 9.26. The number of hydrogen-bond donors (Lipinski definition) is 1. The van der Waals surface area contributed by atoms with Gasteiger partial charge in [-0.25, -0.2) is 0 Å². The van der Waals surface area contributed by atoms with Gasteiger partial charge in [0.25, 0.3) is 0 Å². The highest BCUT2D eigenvalue weighted by Gasteiger charge is 2.37. The largest absolute Gasteiger partial charge is 0.462 e.